The monoisotopic (exact) mass is 308 g/mol. The second-order valence-corrected chi connectivity index (χ2v) is 7.26. The molecule has 0 spiro atoms. The zero-order valence-corrected chi connectivity index (χ0v) is 13.7. The van der Waals surface area contributed by atoms with Gasteiger partial charge in [0.1, 0.15) is 0 Å². The highest BCUT2D eigenvalue weighted by atomic mass is 32.1. The van der Waals surface area contributed by atoms with Crippen molar-refractivity contribution in [2.75, 3.05) is 39.8 Å². The largest absolute Gasteiger partial charge is 0.374 e. The van der Waals surface area contributed by atoms with Gasteiger partial charge in [-0.1, -0.05) is 0 Å². The highest BCUT2D eigenvalue weighted by molar-refractivity contribution is 7.12. The van der Waals surface area contributed by atoms with Crippen LogP contribution >= 0.6 is 11.3 Å². The number of ether oxygens (including phenoxy) is 1. The summed E-state index contributed by atoms with van der Waals surface area (Å²) in [6.07, 6.45) is 2.67. The van der Waals surface area contributed by atoms with Gasteiger partial charge >= 0.3 is 0 Å². The summed E-state index contributed by atoms with van der Waals surface area (Å²) in [5, 5.41) is 2.00. The molecule has 2 fully saturated rings. The van der Waals surface area contributed by atoms with Gasteiger partial charge in [0.05, 0.1) is 17.6 Å². The Kier molecular flexibility index (Phi) is 4.62. The molecule has 0 radical (unpaired) electrons. The number of morpholine rings is 1. The standard InChI is InChI=1S/C16H24N2O2S/c1-12-5-8-21-15(12)16(19)18(9-13-3-4-13)11-14-10-17(2)6-7-20-14/h5,8,13-14H,3-4,6-7,9-11H2,1-2H3. The van der Waals surface area contributed by atoms with E-state index in [-0.39, 0.29) is 12.0 Å². The molecule has 5 heteroatoms. The van der Waals surface area contributed by atoms with E-state index in [1.165, 1.54) is 12.8 Å². The van der Waals surface area contributed by atoms with Crippen LogP contribution in [0.5, 0.6) is 0 Å². The van der Waals surface area contributed by atoms with Crippen LogP contribution < -0.4 is 0 Å². The fourth-order valence-electron chi connectivity index (χ4n) is 2.81. The summed E-state index contributed by atoms with van der Waals surface area (Å²) in [4.78, 5) is 18.0. The number of aryl methyl sites for hydroxylation is 1. The average Bonchev–Trinajstić information content (AvgIpc) is 3.17. The predicted octanol–water partition coefficient (Wildman–Crippen LogP) is 2.24. The average molecular weight is 308 g/mol. The van der Waals surface area contributed by atoms with E-state index in [0.717, 1.165) is 43.2 Å². The third kappa shape index (κ3) is 3.84. The first kappa shape index (κ1) is 15.0. The number of hydrogen-bond acceptors (Lipinski definition) is 4. The number of amides is 1. The molecule has 1 unspecified atom stereocenters. The molecule has 1 saturated heterocycles. The van der Waals surface area contributed by atoms with Gasteiger partial charge in [0.15, 0.2) is 0 Å². The minimum Gasteiger partial charge on any atom is -0.374 e. The molecule has 1 aromatic heterocycles. The van der Waals surface area contributed by atoms with E-state index in [1.807, 2.05) is 23.3 Å². The molecule has 0 N–H and O–H groups in total. The molecule has 1 aliphatic heterocycles. The molecular formula is C16H24N2O2S. The van der Waals surface area contributed by atoms with Gasteiger partial charge in [-0.15, -0.1) is 11.3 Å². The minimum atomic E-state index is 0.145. The lowest BCUT2D eigenvalue weighted by molar-refractivity contribution is -0.0331. The van der Waals surface area contributed by atoms with Gasteiger partial charge in [0.25, 0.3) is 5.91 Å². The molecule has 0 bridgehead atoms. The molecule has 1 saturated carbocycles. The maximum atomic E-state index is 12.8. The number of likely N-dealkylation sites (N-methyl/N-ethyl adjacent to an activating group) is 1. The summed E-state index contributed by atoms with van der Waals surface area (Å²) in [5.41, 5.74) is 1.09. The molecule has 21 heavy (non-hydrogen) atoms. The lowest BCUT2D eigenvalue weighted by atomic mass is 10.2. The van der Waals surface area contributed by atoms with E-state index in [4.69, 9.17) is 4.74 Å². The van der Waals surface area contributed by atoms with E-state index in [0.29, 0.717) is 5.92 Å². The Morgan fingerprint density at radius 2 is 2.29 bits per heavy atom. The maximum absolute atomic E-state index is 12.8. The summed E-state index contributed by atoms with van der Waals surface area (Å²) in [6, 6.07) is 2.03. The summed E-state index contributed by atoms with van der Waals surface area (Å²) < 4.78 is 5.85. The summed E-state index contributed by atoms with van der Waals surface area (Å²) in [7, 11) is 2.12. The normalized spacial score (nSPS) is 23.2. The summed E-state index contributed by atoms with van der Waals surface area (Å²) >= 11 is 1.55. The molecule has 1 aliphatic carbocycles. The molecular weight excluding hydrogens is 284 g/mol. The van der Waals surface area contributed by atoms with Crippen LogP contribution in [0.25, 0.3) is 0 Å². The Labute approximate surface area is 130 Å². The number of hydrogen-bond donors (Lipinski definition) is 0. The molecule has 1 atom stereocenters. The topological polar surface area (TPSA) is 32.8 Å². The van der Waals surface area contributed by atoms with Crippen LogP contribution in [-0.2, 0) is 4.74 Å². The van der Waals surface area contributed by atoms with Crippen molar-refractivity contribution in [3.63, 3.8) is 0 Å². The number of carbonyl (C=O) groups excluding carboxylic acids is 1. The van der Waals surface area contributed by atoms with E-state index in [9.17, 15) is 4.79 Å². The third-order valence-corrected chi connectivity index (χ3v) is 5.29. The van der Waals surface area contributed by atoms with Gasteiger partial charge in [0, 0.05) is 26.2 Å². The second-order valence-electron chi connectivity index (χ2n) is 6.34. The minimum absolute atomic E-state index is 0.145. The van der Waals surface area contributed by atoms with Gasteiger partial charge in [-0.05, 0) is 49.7 Å². The van der Waals surface area contributed by atoms with Crippen molar-refractivity contribution in [2.45, 2.75) is 25.9 Å². The zero-order valence-electron chi connectivity index (χ0n) is 12.9. The SMILES string of the molecule is Cc1ccsc1C(=O)N(CC1CC1)CC1CN(C)CCO1. The molecule has 1 amide bonds. The van der Waals surface area contributed by atoms with Crippen molar-refractivity contribution < 1.29 is 9.53 Å². The van der Waals surface area contributed by atoms with E-state index in [2.05, 4.69) is 11.9 Å². The first-order valence-corrected chi connectivity index (χ1v) is 8.65. The molecule has 4 nitrogen and oxygen atoms in total. The van der Waals surface area contributed by atoms with Gasteiger partial charge in [0.2, 0.25) is 0 Å². The summed E-state index contributed by atoms with van der Waals surface area (Å²) in [5.74, 6) is 0.891. The van der Waals surface area contributed by atoms with E-state index < -0.39 is 0 Å². The molecule has 2 aliphatic rings. The van der Waals surface area contributed by atoms with Crippen molar-refractivity contribution in [1.82, 2.24) is 9.80 Å². The van der Waals surface area contributed by atoms with E-state index >= 15 is 0 Å². The Morgan fingerprint density at radius 3 is 2.90 bits per heavy atom. The number of thiophene rings is 1. The van der Waals surface area contributed by atoms with Crippen molar-refractivity contribution in [3.8, 4) is 0 Å². The first-order chi connectivity index (χ1) is 10.1. The molecule has 1 aromatic rings. The van der Waals surface area contributed by atoms with Crippen molar-refractivity contribution in [3.05, 3.63) is 21.9 Å². The lowest BCUT2D eigenvalue weighted by Crippen LogP contribution is -2.48. The van der Waals surface area contributed by atoms with Crippen LogP contribution in [0.2, 0.25) is 0 Å². The van der Waals surface area contributed by atoms with E-state index in [1.54, 1.807) is 11.3 Å². The van der Waals surface area contributed by atoms with Crippen LogP contribution in [0.4, 0.5) is 0 Å². The third-order valence-electron chi connectivity index (χ3n) is 4.28. The maximum Gasteiger partial charge on any atom is 0.264 e. The molecule has 2 heterocycles. The van der Waals surface area contributed by atoms with Crippen LogP contribution in [-0.4, -0.2) is 61.6 Å². The van der Waals surface area contributed by atoms with Gasteiger partial charge < -0.3 is 14.5 Å². The Morgan fingerprint density at radius 1 is 1.48 bits per heavy atom. The van der Waals surface area contributed by atoms with Crippen molar-refractivity contribution in [1.29, 1.82) is 0 Å². The lowest BCUT2D eigenvalue weighted by Gasteiger charge is -2.34. The highest BCUT2D eigenvalue weighted by Crippen LogP contribution is 2.31. The molecule has 116 valence electrons. The van der Waals surface area contributed by atoms with Gasteiger partial charge in [-0.2, -0.15) is 0 Å². The van der Waals surface area contributed by atoms with Crippen molar-refractivity contribution in [2.24, 2.45) is 5.92 Å². The fraction of sp³-hybridized carbons (Fsp3) is 0.688. The Bertz CT molecular complexity index is 498. The van der Waals surface area contributed by atoms with Crippen LogP contribution in [0.1, 0.15) is 28.1 Å². The quantitative estimate of drug-likeness (QED) is 0.836. The number of carbonyl (C=O) groups is 1. The van der Waals surface area contributed by atoms with Crippen LogP contribution in [0.3, 0.4) is 0 Å². The molecule has 0 aromatic carbocycles. The molecule has 3 rings (SSSR count). The summed E-state index contributed by atoms with van der Waals surface area (Å²) in [6.45, 7) is 6.29. The number of nitrogens with zero attached hydrogens (tertiary/aromatic N) is 2. The zero-order chi connectivity index (χ0) is 14.8. The smallest absolute Gasteiger partial charge is 0.264 e. The van der Waals surface area contributed by atoms with Crippen molar-refractivity contribution >= 4 is 17.2 Å². The highest BCUT2D eigenvalue weighted by Gasteiger charge is 2.31. The number of rotatable bonds is 5. The fourth-order valence-corrected chi connectivity index (χ4v) is 3.70. The second kappa shape index (κ2) is 6.46. The first-order valence-electron chi connectivity index (χ1n) is 7.77. The Balaban J connectivity index is 1.68. The van der Waals surface area contributed by atoms with Gasteiger partial charge in [-0.25, -0.2) is 0 Å². The van der Waals surface area contributed by atoms with Crippen LogP contribution in [0, 0.1) is 12.8 Å². The van der Waals surface area contributed by atoms with Crippen LogP contribution in [0.15, 0.2) is 11.4 Å². The Hall–Kier alpha value is -0.910. The predicted molar refractivity (Wildman–Crippen MR) is 84.9 cm³/mol. The van der Waals surface area contributed by atoms with Gasteiger partial charge in [-0.3, -0.25) is 4.79 Å².